The van der Waals surface area contributed by atoms with Crippen LogP contribution in [0.25, 0.3) is 0 Å². The number of hydrogen-bond acceptors (Lipinski definition) is 5. The van der Waals surface area contributed by atoms with Crippen LogP contribution in [-0.4, -0.2) is 26.5 Å². The lowest BCUT2D eigenvalue weighted by atomic mass is 10.1. The van der Waals surface area contributed by atoms with E-state index in [0.29, 0.717) is 11.5 Å². The maximum Gasteiger partial charge on any atom is 0.168 e. The molecule has 0 unspecified atom stereocenters. The minimum atomic E-state index is -2.54. The van der Waals surface area contributed by atoms with Crippen LogP contribution >= 0.6 is 25.3 Å². The van der Waals surface area contributed by atoms with E-state index < -0.39 is 10.7 Å². The molecule has 0 atom stereocenters. The van der Waals surface area contributed by atoms with Gasteiger partial charge in [0.1, 0.15) is 5.75 Å². The third kappa shape index (κ3) is 5.12. The van der Waals surface area contributed by atoms with Crippen molar-refractivity contribution < 1.29 is 13.2 Å². The monoisotopic (exact) mass is 306 g/mol. The normalized spacial score (nSPS) is 10.8. The van der Waals surface area contributed by atoms with Crippen LogP contribution in [-0.2, 0) is 17.1 Å². The standard InChI is InChI=1S/C12H18O3S3/c13-18(14)11-4-5-12(15-6-2-8-17)10(9-11)3-1-7-16/h4-5,9,16-18H,1-3,6-8H2. The Hall–Kier alpha value is -0.330. The van der Waals surface area contributed by atoms with E-state index in [4.69, 9.17) is 4.74 Å². The average molecular weight is 306 g/mol. The van der Waals surface area contributed by atoms with E-state index in [1.54, 1.807) is 18.2 Å². The van der Waals surface area contributed by atoms with Gasteiger partial charge in [0.05, 0.1) is 11.5 Å². The van der Waals surface area contributed by atoms with Gasteiger partial charge in [-0.1, -0.05) is 0 Å². The topological polar surface area (TPSA) is 43.4 Å². The first-order valence-electron chi connectivity index (χ1n) is 5.81. The van der Waals surface area contributed by atoms with E-state index in [-0.39, 0.29) is 0 Å². The summed E-state index contributed by atoms with van der Waals surface area (Å²) in [6, 6.07) is 4.99. The summed E-state index contributed by atoms with van der Waals surface area (Å²) in [6.45, 7) is 0.597. The quantitative estimate of drug-likeness (QED) is 0.510. The Labute approximate surface area is 121 Å². The summed E-state index contributed by atoms with van der Waals surface area (Å²) in [4.78, 5) is 0.334. The van der Waals surface area contributed by atoms with Gasteiger partial charge in [0.15, 0.2) is 10.7 Å². The Morgan fingerprint density at radius 1 is 1.11 bits per heavy atom. The number of thiol groups is 3. The maximum atomic E-state index is 11.0. The van der Waals surface area contributed by atoms with Crippen LogP contribution in [0.3, 0.4) is 0 Å². The highest BCUT2D eigenvalue weighted by atomic mass is 32.2. The predicted octanol–water partition coefficient (Wildman–Crippen LogP) is 2.22. The molecule has 18 heavy (non-hydrogen) atoms. The fourth-order valence-corrected chi connectivity index (χ4v) is 2.28. The van der Waals surface area contributed by atoms with Gasteiger partial charge in [-0.25, -0.2) is 8.42 Å². The van der Waals surface area contributed by atoms with Gasteiger partial charge >= 0.3 is 0 Å². The van der Waals surface area contributed by atoms with Crippen LogP contribution in [0.5, 0.6) is 5.75 Å². The van der Waals surface area contributed by atoms with Gasteiger partial charge in [-0.2, -0.15) is 25.3 Å². The molecule has 0 amide bonds. The summed E-state index contributed by atoms with van der Waals surface area (Å²) in [5, 5.41) is 0. The molecule has 0 saturated heterocycles. The van der Waals surface area contributed by atoms with Crippen LogP contribution in [0.1, 0.15) is 18.4 Å². The Balaban J connectivity index is 2.85. The second-order valence-corrected chi connectivity index (χ2v) is 5.73. The van der Waals surface area contributed by atoms with Crippen molar-refractivity contribution in [1.82, 2.24) is 0 Å². The Kier molecular flexibility index (Phi) is 7.62. The number of benzene rings is 1. The highest BCUT2D eigenvalue weighted by molar-refractivity contribution is 7.80. The van der Waals surface area contributed by atoms with E-state index in [1.807, 2.05) is 0 Å². The molecule has 0 aromatic heterocycles. The van der Waals surface area contributed by atoms with Gasteiger partial charge in [0.2, 0.25) is 0 Å². The third-order valence-electron chi connectivity index (χ3n) is 2.42. The molecule has 0 spiro atoms. The smallest absolute Gasteiger partial charge is 0.168 e. The number of aryl methyl sites for hydroxylation is 1. The molecule has 0 fully saturated rings. The highest BCUT2D eigenvalue weighted by Crippen LogP contribution is 2.23. The maximum absolute atomic E-state index is 11.0. The molecule has 0 radical (unpaired) electrons. The van der Waals surface area contributed by atoms with Crippen molar-refractivity contribution >= 4 is 36.0 Å². The van der Waals surface area contributed by atoms with E-state index in [9.17, 15) is 8.42 Å². The number of hydrogen-bond donors (Lipinski definition) is 3. The fourth-order valence-electron chi connectivity index (χ4n) is 1.53. The SMILES string of the molecule is O=[SH](=O)c1ccc(OCCCS)c(CCCS)c1. The van der Waals surface area contributed by atoms with Gasteiger partial charge < -0.3 is 4.74 Å². The first kappa shape index (κ1) is 15.7. The average Bonchev–Trinajstić information content (AvgIpc) is 2.37. The van der Waals surface area contributed by atoms with E-state index in [1.165, 1.54) is 0 Å². The zero-order chi connectivity index (χ0) is 13.4. The molecule has 0 bridgehead atoms. The molecule has 0 aliphatic carbocycles. The van der Waals surface area contributed by atoms with E-state index in [2.05, 4.69) is 25.3 Å². The van der Waals surface area contributed by atoms with Crippen LogP contribution in [0, 0.1) is 0 Å². The van der Waals surface area contributed by atoms with Gasteiger partial charge in [-0.3, -0.25) is 0 Å². The van der Waals surface area contributed by atoms with Crippen LogP contribution in [0.2, 0.25) is 0 Å². The Morgan fingerprint density at radius 2 is 1.83 bits per heavy atom. The Morgan fingerprint density at radius 3 is 2.44 bits per heavy atom. The molecule has 102 valence electrons. The predicted molar refractivity (Wildman–Crippen MR) is 81.2 cm³/mol. The first-order valence-corrected chi connectivity index (χ1v) is 8.25. The van der Waals surface area contributed by atoms with Gasteiger partial charge in [-0.05, 0) is 54.5 Å². The molecule has 0 aliphatic heterocycles. The number of ether oxygens (including phenoxy) is 1. The zero-order valence-electron chi connectivity index (χ0n) is 10.0. The van der Waals surface area contributed by atoms with Crippen LogP contribution in [0.4, 0.5) is 0 Å². The van der Waals surface area contributed by atoms with Crippen molar-refractivity contribution in [1.29, 1.82) is 0 Å². The molecule has 0 saturated carbocycles. The van der Waals surface area contributed by atoms with Crippen molar-refractivity contribution in [3.63, 3.8) is 0 Å². The van der Waals surface area contributed by atoms with E-state index >= 15 is 0 Å². The molecular weight excluding hydrogens is 288 g/mol. The largest absolute Gasteiger partial charge is 0.493 e. The second-order valence-electron chi connectivity index (χ2n) is 3.80. The first-order chi connectivity index (χ1) is 8.69. The molecule has 1 aromatic carbocycles. The van der Waals surface area contributed by atoms with Gasteiger partial charge in [-0.15, -0.1) is 0 Å². The lowest BCUT2D eigenvalue weighted by Gasteiger charge is -2.11. The molecular formula is C12H18O3S3. The number of rotatable bonds is 8. The molecule has 1 aromatic rings. The summed E-state index contributed by atoms with van der Waals surface area (Å²) >= 11 is 8.29. The third-order valence-corrected chi connectivity index (χ3v) is 3.75. The molecule has 0 heterocycles. The van der Waals surface area contributed by atoms with Crippen molar-refractivity contribution in [2.24, 2.45) is 0 Å². The highest BCUT2D eigenvalue weighted by Gasteiger charge is 2.06. The zero-order valence-corrected chi connectivity index (χ0v) is 12.7. The van der Waals surface area contributed by atoms with Crippen molar-refractivity contribution in [3.05, 3.63) is 23.8 Å². The minimum Gasteiger partial charge on any atom is -0.493 e. The fraction of sp³-hybridized carbons (Fsp3) is 0.500. The summed E-state index contributed by atoms with van der Waals surface area (Å²) in [7, 11) is -2.54. The second kappa shape index (κ2) is 8.72. The summed E-state index contributed by atoms with van der Waals surface area (Å²) < 4.78 is 27.6. The summed E-state index contributed by atoms with van der Waals surface area (Å²) in [5.74, 6) is 2.31. The van der Waals surface area contributed by atoms with Crippen LogP contribution < -0.4 is 4.74 Å². The molecule has 1 rings (SSSR count). The molecule has 0 N–H and O–H groups in total. The molecule has 0 aliphatic rings. The Bertz CT molecular complexity index is 436. The van der Waals surface area contributed by atoms with Gasteiger partial charge in [0.25, 0.3) is 0 Å². The van der Waals surface area contributed by atoms with Gasteiger partial charge in [0, 0.05) is 0 Å². The lowest BCUT2D eigenvalue weighted by Crippen LogP contribution is -2.02. The van der Waals surface area contributed by atoms with Crippen molar-refractivity contribution in [3.8, 4) is 5.75 Å². The summed E-state index contributed by atoms with van der Waals surface area (Å²) in [5.41, 5.74) is 0.930. The minimum absolute atomic E-state index is 0.334. The molecule has 6 heteroatoms. The summed E-state index contributed by atoms with van der Waals surface area (Å²) in [6.07, 6.45) is 2.54. The lowest BCUT2D eigenvalue weighted by molar-refractivity contribution is 0.315. The van der Waals surface area contributed by atoms with E-state index in [0.717, 1.165) is 42.1 Å². The van der Waals surface area contributed by atoms with Crippen molar-refractivity contribution in [2.45, 2.75) is 24.2 Å². The van der Waals surface area contributed by atoms with Crippen molar-refractivity contribution in [2.75, 3.05) is 18.1 Å². The molecule has 3 nitrogen and oxygen atoms in total. The van der Waals surface area contributed by atoms with Crippen LogP contribution in [0.15, 0.2) is 23.1 Å².